The number of unbranched alkanes of at least 4 members (excludes halogenated alkanes) is 43. The number of ether oxygens (including phenoxy) is 4. The molecule has 0 heterocycles. The molecule has 0 aromatic carbocycles. The third kappa shape index (κ3) is 64.8. The molecule has 5 atom stereocenters. The van der Waals surface area contributed by atoms with Crippen molar-refractivity contribution in [1.82, 2.24) is 0 Å². The summed E-state index contributed by atoms with van der Waals surface area (Å²) >= 11 is 0. The molecule has 534 valence electrons. The van der Waals surface area contributed by atoms with Gasteiger partial charge in [-0.15, -0.1) is 0 Å². The quantitative estimate of drug-likeness (QED) is 0.0222. The van der Waals surface area contributed by atoms with Crippen molar-refractivity contribution in [1.29, 1.82) is 0 Å². The van der Waals surface area contributed by atoms with Crippen LogP contribution in [0.25, 0.3) is 0 Å². The minimum atomic E-state index is -4.95. The van der Waals surface area contributed by atoms with E-state index >= 15 is 0 Å². The van der Waals surface area contributed by atoms with Gasteiger partial charge in [-0.25, -0.2) is 9.13 Å². The molecule has 0 bridgehead atoms. The van der Waals surface area contributed by atoms with Crippen molar-refractivity contribution in [2.24, 2.45) is 5.92 Å². The Morgan fingerprint density at radius 2 is 0.511 bits per heavy atom. The van der Waals surface area contributed by atoms with Gasteiger partial charge in [-0.1, -0.05) is 317 Å². The molecular weight excluding hydrogens is 1190 g/mol. The number of carbonyl (C=O) groups is 4. The lowest BCUT2D eigenvalue weighted by Crippen LogP contribution is -2.30. The van der Waals surface area contributed by atoms with Gasteiger partial charge < -0.3 is 33.8 Å². The Morgan fingerprint density at radius 3 is 0.756 bits per heavy atom. The Labute approximate surface area is 549 Å². The number of hydrogen-bond acceptors (Lipinski definition) is 15. The van der Waals surface area contributed by atoms with Crippen LogP contribution in [0.15, 0.2) is 0 Å². The van der Waals surface area contributed by atoms with E-state index in [-0.39, 0.29) is 25.7 Å². The fraction of sp³-hybridized carbons (Fsp3) is 0.944. The van der Waals surface area contributed by atoms with E-state index in [4.69, 9.17) is 37.0 Å². The predicted molar refractivity (Wildman–Crippen MR) is 363 cm³/mol. The monoisotopic (exact) mass is 1320 g/mol. The third-order valence-corrected chi connectivity index (χ3v) is 18.4. The molecule has 0 saturated heterocycles. The summed E-state index contributed by atoms with van der Waals surface area (Å²) in [6, 6.07) is 0. The first kappa shape index (κ1) is 88.1. The van der Waals surface area contributed by atoms with Gasteiger partial charge in [0, 0.05) is 25.7 Å². The lowest BCUT2D eigenvalue weighted by Gasteiger charge is -2.21. The second-order valence-corrected chi connectivity index (χ2v) is 29.0. The van der Waals surface area contributed by atoms with Gasteiger partial charge in [-0.05, 0) is 31.6 Å². The number of phosphoric ester groups is 2. The SMILES string of the molecule is CCCCCCCCCCCCCCCC(=O)OC[C@H](COP(=O)(O)OC[C@@H](O)COP(=O)(O)OC[C@@H](COC(=O)CCCCCCCCCC)OC(=O)CCCCCCCCCCCCCC)OC(=O)CCCCCCCCCCCCCCCCC(C)C. The average molecular weight is 1330 g/mol. The van der Waals surface area contributed by atoms with E-state index in [1.54, 1.807) is 0 Å². The third-order valence-electron chi connectivity index (χ3n) is 16.5. The van der Waals surface area contributed by atoms with Crippen molar-refractivity contribution in [3.05, 3.63) is 0 Å². The van der Waals surface area contributed by atoms with E-state index < -0.39 is 97.5 Å². The molecule has 0 aliphatic rings. The lowest BCUT2D eigenvalue weighted by molar-refractivity contribution is -0.161. The Hall–Kier alpha value is -1.94. The summed E-state index contributed by atoms with van der Waals surface area (Å²) in [6.45, 7) is 7.26. The largest absolute Gasteiger partial charge is 0.472 e. The predicted octanol–water partition coefficient (Wildman–Crippen LogP) is 20.5. The molecule has 17 nitrogen and oxygen atoms in total. The summed E-state index contributed by atoms with van der Waals surface area (Å²) < 4.78 is 68.3. The van der Waals surface area contributed by atoms with E-state index in [2.05, 4.69) is 34.6 Å². The van der Waals surface area contributed by atoms with Crippen LogP contribution < -0.4 is 0 Å². The van der Waals surface area contributed by atoms with Gasteiger partial charge >= 0.3 is 39.5 Å². The van der Waals surface area contributed by atoms with Crippen LogP contribution >= 0.6 is 15.6 Å². The van der Waals surface area contributed by atoms with Gasteiger partial charge in [-0.3, -0.25) is 37.3 Å². The number of hydrogen-bond donors (Lipinski definition) is 3. The maximum Gasteiger partial charge on any atom is 0.472 e. The van der Waals surface area contributed by atoms with E-state index in [1.807, 2.05) is 0 Å². The van der Waals surface area contributed by atoms with Crippen LogP contribution in [0.3, 0.4) is 0 Å². The maximum absolute atomic E-state index is 13.0. The molecule has 19 heteroatoms. The number of phosphoric acid groups is 2. The molecule has 3 N–H and O–H groups in total. The first-order chi connectivity index (χ1) is 43.5. The second-order valence-electron chi connectivity index (χ2n) is 26.1. The molecule has 2 unspecified atom stereocenters. The summed E-state index contributed by atoms with van der Waals surface area (Å²) in [7, 11) is -9.90. The summed E-state index contributed by atoms with van der Waals surface area (Å²) in [4.78, 5) is 72.5. The number of carbonyl (C=O) groups excluding carboxylic acids is 4. The molecule has 0 spiro atoms. The standard InChI is InChI=1S/C71H138O17P2/c1-6-9-12-15-18-21-23-27-32-35-40-45-50-55-69(74)82-61-67(88-71(76)57-52-47-42-37-33-29-26-25-28-30-34-38-43-48-53-64(4)5)63-86-90(79,80)84-59-65(72)58-83-89(77,78)85-62-66(60-81-68(73)54-49-44-39-20-17-14-11-8-3)87-70(75)56-51-46-41-36-31-24-22-19-16-13-10-7-2/h64-67,72H,6-63H2,1-5H3,(H,77,78)(H,79,80)/t65-,66+,67+/m0/s1. The highest BCUT2D eigenvalue weighted by Crippen LogP contribution is 2.45. The topological polar surface area (TPSA) is 237 Å². The zero-order chi connectivity index (χ0) is 66.3. The molecule has 0 aliphatic carbocycles. The summed E-state index contributed by atoms with van der Waals surface area (Å²) in [6.07, 6.45) is 51.2. The number of aliphatic hydroxyl groups excluding tert-OH is 1. The van der Waals surface area contributed by atoms with Gasteiger partial charge in [-0.2, -0.15) is 0 Å². The first-order valence-electron chi connectivity index (χ1n) is 37.1. The van der Waals surface area contributed by atoms with Crippen LogP contribution in [0.2, 0.25) is 0 Å². The molecule has 0 saturated carbocycles. The van der Waals surface area contributed by atoms with Gasteiger partial charge in [0.2, 0.25) is 0 Å². The zero-order valence-electron chi connectivity index (χ0n) is 58.3. The van der Waals surface area contributed by atoms with Gasteiger partial charge in [0.25, 0.3) is 0 Å². The van der Waals surface area contributed by atoms with Crippen LogP contribution in [0.4, 0.5) is 0 Å². The lowest BCUT2D eigenvalue weighted by atomic mass is 10.0. The van der Waals surface area contributed by atoms with Crippen molar-refractivity contribution < 1.29 is 80.2 Å². The van der Waals surface area contributed by atoms with Crippen LogP contribution in [0.1, 0.15) is 369 Å². The summed E-state index contributed by atoms with van der Waals surface area (Å²) in [5.74, 6) is -1.33. The van der Waals surface area contributed by atoms with E-state index in [1.165, 1.54) is 186 Å². The van der Waals surface area contributed by atoms with Crippen LogP contribution in [0.5, 0.6) is 0 Å². The molecule has 0 aliphatic heterocycles. The maximum atomic E-state index is 13.0. The van der Waals surface area contributed by atoms with Gasteiger partial charge in [0.1, 0.15) is 19.3 Å². The molecule has 0 fully saturated rings. The minimum Gasteiger partial charge on any atom is -0.462 e. The Kier molecular flexibility index (Phi) is 63.0. The molecule has 0 amide bonds. The van der Waals surface area contributed by atoms with Gasteiger partial charge in [0.05, 0.1) is 26.4 Å². The van der Waals surface area contributed by atoms with Crippen molar-refractivity contribution >= 4 is 39.5 Å². The van der Waals surface area contributed by atoms with Crippen molar-refractivity contribution in [3.8, 4) is 0 Å². The minimum absolute atomic E-state index is 0.107. The Balaban J connectivity index is 5.21. The first-order valence-corrected chi connectivity index (χ1v) is 40.1. The highest BCUT2D eigenvalue weighted by Gasteiger charge is 2.30. The smallest absolute Gasteiger partial charge is 0.462 e. The summed E-state index contributed by atoms with van der Waals surface area (Å²) in [5, 5.41) is 10.6. The average Bonchev–Trinajstić information content (AvgIpc) is 3.65. The van der Waals surface area contributed by atoms with E-state index in [0.29, 0.717) is 25.7 Å². The van der Waals surface area contributed by atoms with Crippen molar-refractivity contribution in [2.45, 2.75) is 387 Å². The normalized spacial score (nSPS) is 14.1. The van der Waals surface area contributed by atoms with Crippen molar-refractivity contribution in [3.63, 3.8) is 0 Å². The summed E-state index contributed by atoms with van der Waals surface area (Å²) in [5.41, 5.74) is 0. The van der Waals surface area contributed by atoms with Crippen LogP contribution in [-0.4, -0.2) is 96.7 Å². The van der Waals surface area contributed by atoms with Crippen LogP contribution in [-0.2, 0) is 65.4 Å². The molecular formula is C71H138O17P2. The molecule has 0 rings (SSSR count). The van der Waals surface area contributed by atoms with Crippen LogP contribution in [0, 0.1) is 5.92 Å². The fourth-order valence-corrected chi connectivity index (χ4v) is 12.4. The number of rotatable bonds is 71. The van der Waals surface area contributed by atoms with E-state index in [9.17, 15) is 43.2 Å². The molecule has 0 aromatic heterocycles. The van der Waals surface area contributed by atoms with Gasteiger partial charge in [0.15, 0.2) is 12.2 Å². The van der Waals surface area contributed by atoms with E-state index in [0.717, 1.165) is 102 Å². The number of aliphatic hydroxyl groups is 1. The van der Waals surface area contributed by atoms with Crippen molar-refractivity contribution in [2.75, 3.05) is 39.6 Å². The Bertz CT molecular complexity index is 1740. The highest BCUT2D eigenvalue weighted by molar-refractivity contribution is 7.47. The second kappa shape index (κ2) is 64.4. The molecule has 0 radical (unpaired) electrons. The molecule has 0 aromatic rings. The zero-order valence-corrected chi connectivity index (χ0v) is 60.1. The number of esters is 4. The fourth-order valence-electron chi connectivity index (χ4n) is 10.8. The Morgan fingerprint density at radius 1 is 0.300 bits per heavy atom. The molecule has 90 heavy (non-hydrogen) atoms. The highest BCUT2D eigenvalue weighted by atomic mass is 31.2.